The highest BCUT2D eigenvalue weighted by Crippen LogP contribution is 2.10. The minimum absolute atomic E-state index is 0.288. The lowest BCUT2D eigenvalue weighted by Crippen LogP contribution is -2.04. The zero-order chi connectivity index (χ0) is 25.2. The zero-order valence-corrected chi connectivity index (χ0v) is 22.0. The summed E-state index contributed by atoms with van der Waals surface area (Å²) in [7, 11) is 0. The first-order valence-electron chi connectivity index (χ1n) is 13.8. The van der Waals surface area contributed by atoms with Gasteiger partial charge >= 0.3 is 5.97 Å². The van der Waals surface area contributed by atoms with Crippen molar-refractivity contribution in [3.05, 3.63) is 83.9 Å². The Morgan fingerprint density at radius 3 is 1.71 bits per heavy atom. The second kappa shape index (κ2) is 23.4. The van der Waals surface area contributed by atoms with Crippen LogP contribution in [0, 0.1) is 0 Å². The van der Waals surface area contributed by atoms with E-state index < -0.39 is 0 Å². The van der Waals surface area contributed by atoms with E-state index in [1.165, 1.54) is 83.5 Å². The van der Waals surface area contributed by atoms with Crippen LogP contribution in [0.2, 0.25) is 0 Å². The Bertz CT molecular complexity index is 740. The summed E-state index contributed by atoms with van der Waals surface area (Å²) in [5.41, 5.74) is 1.57. The number of carbonyl (C=O) groups excluding carboxylic acids is 1. The quantitative estimate of drug-likeness (QED) is 0.131. The number of ether oxygens (including phenoxy) is 1. The fraction of sp³-hybridized carbons (Fsp3) is 0.531. The van der Waals surface area contributed by atoms with Crippen LogP contribution in [0.1, 0.15) is 113 Å². The summed E-state index contributed by atoms with van der Waals surface area (Å²) in [6, 6.07) is 18.6. The monoisotopic (exact) mass is 480 g/mol. The Morgan fingerprint density at radius 1 is 0.686 bits per heavy atom. The molecule has 2 rings (SSSR count). The molecule has 3 heteroatoms. The molecule has 0 unspecified atom stereocenters. The number of rotatable bonds is 18. The summed E-state index contributed by atoms with van der Waals surface area (Å²) in [6.07, 6.45) is 23.2. The Balaban J connectivity index is 0.000000353. The van der Waals surface area contributed by atoms with Crippen molar-refractivity contribution in [1.82, 2.24) is 0 Å². The third-order valence-corrected chi connectivity index (χ3v) is 5.89. The number of benzene rings is 2. The maximum Gasteiger partial charge on any atom is 0.338 e. The van der Waals surface area contributed by atoms with Crippen molar-refractivity contribution in [3.8, 4) is 0 Å². The first-order valence-corrected chi connectivity index (χ1v) is 13.8. The molecule has 0 bridgehead atoms. The molecule has 0 amide bonds. The highest BCUT2D eigenvalue weighted by atomic mass is 16.5. The fourth-order valence-electron chi connectivity index (χ4n) is 3.74. The van der Waals surface area contributed by atoms with Crippen LogP contribution in [0.5, 0.6) is 0 Å². The molecule has 2 aromatic rings. The Hall–Kier alpha value is -2.39. The van der Waals surface area contributed by atoms with Gasteiger partial charge in [-0.15, -0.1) is 0 Å². The van der Waals surface area contributed by atoms with Gasteiger partial charge in [0.15, 0.2) is 0 Å². The van der Waals surface area contributed by atoms with E-state index in [4.69, 9.17) is 9.84 Å². The smallest absolute Gasteiger partial charge is 0.338 e. The topological polar surface area (TPSA) is 46.5 Å². The number of hydrogen-bond acceptors (Lipinski definition) is 3. The first-order chi connectivity index (χ1) is 17.3. The normalized spacial score (nSPS) is 10.7. The van der Waals surface area contributed by atoms with Crippen molar-refractivity contribution < 1.29 is 14.6 Å². The van der Waals surface area contributed by atoms with Crippen molar-refractivity contribution in [2.45, 2.75) is 103 Å². The molecule has 2 aromatic carbocycles. The van der Waals surface area contributed by atoms with Gasteiger partial charge in [-0.2, -0.15) is 0 Å². The summed E-state index contributed by atoms with van der Waals surface area (Å²) >= 11 is 0. The van der Waals surface area contributed by atoms with Gasteiger partial charge in [0.2, 0.25) is 0 Å². The first kappa shape index (κ1) is 30.6. The maximum absolute atomic E-state index is 11.6. The Kier molecular flexibility index (Phi) is 20.4. The predicted molar refractivity (Wildman–Crippen MR) is 149 cm³/mol. The molecule has 0 spiro atoms. The predicted octanol–water partition coefficient (Wildman–Crippen LogP) is 9.06. The molecule has 0 aliphatic rings. The number of hydrogen-bond donors (Lipinski definition) is 1. The molecular weight excluding hydrogens is 432 g/mol. The molecule has 0 aliphatic carbocycles. The van der Waals surface area contributed by atoms with Crippen LogP contribution < -0.4 is 0 Å². The van der Waals surface area contributed by atoms with E-state index in [0.29, 0.717) is 18.8 Å². The van der Waals surface area contributed by atoms with Crippen LogP contribution >= 0.6 is 0 Å². The van der Waals surface area contributed by atoms with Crippen LogP contribution in [-0.4, -0.2) is 17.7 Å². The van der Waals surface area contributed by atoms with Gasteiger partial charge in [-0.1, -0.05) is 125 Å². The second-order valence-electron chi connectivity index (χ2n) is 9.09. The van der Waals surface area contributed by atoms with Crippen molar-refractivity contribution in [2.75, 3.05) is 6.61 Å². The van der Waals surface area contributed by atoms with Gasteiger partial charge in [0.05, 0.1) is 5.56 Å². The van der Waals surface area contributed by atoms with Gasteiger partial charge in [0.1, 0.15) is 6.61 Å². The van der Waals surface area contributed by atoms with E-state index in [0.717, 1.165) is 12.0 Å². The van der Waals surface area contributed by atoms with E-state index in [-0.39, 0.29) is 5.97 Å². The van der Waals surface area contributed by atoms with Gasteiger partial charge in [-0.25, -0.2) is 4.79 Å². The van der Waals surface area contributed by atoms with Crippen LogP contribution in [0.4, 0.5) is 0 Å². The van der Waals surface area contributed by atoms with Crippen LogP contribution in [0.25, 0.3) is 0 Å². The average molecular weight is 481 g/mol. The number of carbonyl (C=O) groups is 1. The van der Waals surface area contributed by atoms with E-state index in [1.807, 2.05) is 48.5 Å². The Labute approximate surface area is 214 Å². The minimum Gasteiger partial charge on any atom is -0.457 e. The molecule has 1 N–H and O–H groups in total. The number of esters is 1. The molecule has 0 saturated carbocycles. The molecule has 0 fully saturated rings. The standard InChI is InChI=1S/C18H36O.C14H12O2/c1-2-3-4-5-6-7-8-9-10-11-12-13-14-15-16-17-18-19;15-14(13-9-5-2-6-10-13)16-11-12-7-3-1-4-8-12/h9-10,19H,2-8,11-18H2,1H3;1-10H,11H2/b10-9-;. The summed E-state index contributed by atoms with van der Waals surface area (Å²) < 4.78 is 5.18. The summed E-state index contributed by atoms with van der Waals surface area (Å²) in [5.74, 6) is -0.288. The minimum atomic E-state index is -0.288. The van der Waals surface area contributed by atoms with E-state index >= 15 is 0 Å². The van der Waals surface area contributed by atoms with Gasteiger partial charge in [0.25, 0.3) is 0 Å². The summed E-state index contributed by atoms with van der Waals surface area (Å²) in [5, 5.41) is 8.66. The molecule has 0 aliphatic heterocycles. The molecule has 0 atom stereocenters. The van der Waals surface area contributed by atoms with E-state index in [9.17, 15) is 4.79 Å². The van der Waals surface area contributed by atoms with Crippen LogP contribution in [0.3, 0.4) is 0 Å². The lowest BCUT2D eigenvalue weighted by Gasteiger charge is -2.04. The van der Waals surface area contributed by atoms with Crippen LogP contribution in [0.15, 0.2) is 72.8 Å². The fourth-order valence-corrected chi connectivity index (χ4v) is 3.74. The van der Waals surface area contributed by atoms with Crippen LogP contribution in [-0.2, 0) is 11.3 Å². The molecular formula is C32H48O3. The number of aliphatic hydroxyl groups is 1. The number of unbranched alkanes of at least 4 members (excludes halogenated alkanes) is 12. The van der Waals surface area contributed by atoms with Gasteiger partial charge in [-0.3, -0.25) is 0 Å². The maximum atomic E-state index is 11.6. The molecule has 0 saturated heterocycles. The lowest BCUT2D eigenvalue weighted by molar-refractivity contribution is 0.0472. The molecule has 0 radical (unpaired) electrons. The lowest BCUT2D eigenvalue weighted by atomic mass is 10.1. The third-order valence-electron chi connectivity index (χ3n) is 5.89. The zero-order valence-electron chi connectivity index (χ0n) is 22.0. The highest BCUT2D eigenvalue weighted by molar-refractivity contribution is 5.89. The third kappa shape index (κ3) is 18.6. The molecule has 35 heavy (non-hydrogen) atoms. The van der Waals surface area contributed by atoms with Crippen molar-refractivity contribution in [2.24, 2.45) is 0 Å². The summed E-state index contributed by atoms with van der Waals surface area (Å²) in [6.45, 7) is 2.95. The molecule has 194 valence electrons. The highest BCUT2D eigenvalue weighted by Gasteiger charge is 2.05. The molecule has 3 nitrogen and oxygen atoms in total. The van der Waals surface area contributed by atoms with Gasteiger partial charge < -0.3 is 9.84 Å². The van der Waals surface area contributed by atoms with E-state index in [2.05, 4.69) is 19.1 Å². The average Bonchev–Trinajstić information content (AvgIpc) is 2.91. The van der Waals surface area contributed by atoms with Crippen molar-refractivity contribution in [1.29, 1.82) is 0 Å². The Morgan fingerprint density at radius 2 is 1.17 bits per heavy atom. The van der Waals surface area contributed by atoms with Gasteiger partial charge in [-0.05, 0) is 49.8 Å². The molecule has 0 heterocycles. The SMILES string of the molecule is CCCCCCCC/C=C\CCCCCCCCO.O=C(OCc1ccccc1)c1ccccc1. The molecule has 0 aromatic heterocycles. The van der Waals surface area contributed by atoms with Gasteiger partial charge in [0, 0.05) is 6.61 Å². The second-order valence-corrected chi connectivity index (χ2v) is 9.09. The number of allylic oxidation sites excluding steroid dienone is 2. The van der Waals surface area contributed by atoms with Crippen molar-refractivity contribution in [3.63, 3.8) is 0 Å². The van der Waals surface area contributed by atoms with E-state index in [1.54, 1.807) is 12.1 Å². The van der Waals surface area contributed by atoms with Crippen molar-refractivity contribution >= 4 is 5.97 Å². The summed E-state index contributed by atoms with van der Waals surface area (Å²) in [4.78, 5) is 11.6. The largest absolute Gasteiger partial charge is 0.457 e. The number of aliphatic hydroxyl groups excluding tert-OH is 1.